The van der Waals surface area contributed by atoms with Gasteiger partial charge in [-0.15, -0.1) is 11.6 Å². The second kappa shape index (κ2) is 9.20. The van der Waals surface area contributed by atoms with Crippen molar-refractivity contribution in [3.63, 3.8) is 0 Å². The lowest BCUT2D eigenvalue weighted by molar-refractivity contribution is -0.118. The van der Waals surface area contributed by atoms with Crippen molar-refractivity contribution >= 4 is 34.8 Å². The van der Waals surface area contributed by atoms with E-state index in [1.807, 2.05) is 31.2 Å². The molecule has 26 heavy (non-hydrogen) atoms. The minimum atomic E-state index is -1.00. The summed E-state index contributed by atoms with van der Waals surface area (Å²) in [6.07, 6.45) is 3.71. The Bertz CT molecular complexity index is 804. The largest absolute Gasteiger partial charge is 0.306 e. The Balaban J connectivity index is 2.44. The lowest BCUT2D eigenvalue weighted by Gasteiger charge is -2.26. The molecule has 1 amide bonds. The predicted molar refractivity (Wildman–Crippen MR) is 108 cm³/mol. The van der Waals surface area contributed by atoms with Gasteiger partial charge < -0.3 is 4.90 Å². The van der Waals surface area contributed by atoms with Crippen molar-refractivity contribution in [2.24, 2.45) is 0 Å². The molecule has 0 aliphatic rings. The zero-order valence-electron chi connectivity index (χ0n) is 15.0. The Kier molecular flexibility index (Phi) is 7.24. The van der Waals surface area contributed by atoms with Crippen LogP contribution in [0.1, 0.15) is 43.2 Å². The first kappa shape index (κ1) is 20.5. The molecule has 1 atom stereocenters. The number of halogens is 3. The number of alkyl halides is 1. The van der Waals surface area contributed by atoms with E-state index in [0.29, 0.717) is 28.7 Å². The van der Waals surface area contributed by atoms with Crippen molar-refractivity contribution in [2.45, 2.75) is 32.1 Å². The third-order valence-corrected chi connectivity index (χ3v) is 4.83. The second-order valence-corrected chi connectivity index (χ2v) is 7.14. The van der Waals surface area contributed by atoms with Crippen molar-refractivity contribution in [1.82, 2.24) is 0 Å². The van der Waals surface area contributed by atoms with Crippen LogP contribution in [0.2, 0.25) is 5.02 Å². The number of allylic oxidation sites excluding steroid dienone is 1. The van der Waals surface area contributed by atoms with Gasteiger partial charge in [0, 0.05) is 6.54 Å². The molecular weight excluding hydrogens is 372 g/mol. The van der Waals surface area contributed by atoms with Crippen molar-refractivity contribution in [1.29, 1.82) is 0 Å². The maximum absolute atomic E-state index is 13.5. The van der Waals surface area contributed by atoms with Gasteiger partial charge in [-0.25, -0.2) is 4.39 Å². The molecule has 0 aromatic heterocycles. The van der Waals surface area contributed by atoms with Gasteiger partial charge in [-0.2, -0.15) is 0 Å². The van der Waals surface area contributed by atoms with E-state index in [-0.39, 0.29) is 5.91 Å². The molecule has 138 valence electrons. The van der Waals surface area contributed by atoms with Crippen molar-refractivity contribution in [3.8, 4) is 0 Å². The van der Waals surface area contributed by atoms with E-state index < -0.39 is 11.2 Å². The van der Waals surface area contributed by atoms with Gasteiger partial charge in [-0.05, 0) is 48.2 Å². The van der Waals surface area contributed by atoms with Crippen LogP contribution in [0.3, 0.4) is 0 Å². The standard InChI is InChI=1S/C21H22Cl2FNO/c1-4-5-11-25(19-13-15(14(2)3)9-10-18(19)22)21(26)20(23)16-7-6-8-17(24)12-16/h4-10,12-14,20H,11H2,1-3H3. The zero-order valence-corrected chi connectivity index (χ0v) is 16.6. The molecule has 5 heteroatoms. The maximum Gasteiger partial charge on any atom is 0.249 e. The fourth-order valence-corrected chi connectivity index (χ4v) is 3.03. The molecule has 2 aromatic rings. The third kappa shape index (κ3) is 4.87. The molecule has 0 bridgehead atoms. The van der Waals surface area contributed by atoms with E-state index in [1.54, 1.807) is 12.1 Å². The highest BCUT2D eigenvalue weighted by atomic mass is 35.5. The van der Waals surface area contributed by atoms with Gasteiger partial charge in [0.25, 0.3) is 0 Å². The number of carbonyl (C=O) groups is 1. The number of nitrogens with zero attached hydrogens (tertiary/aromatic N) is 1. The van der Waals surface area contributed by atoms with E-state index >= 15 is 0 Å². The summed E-state index contributed by atoms with van der Waals surface area (Å²) in [5.74, 6) is -0.487. The number of benzene rings is 2. The Hall–Kier alpha value is -1.84. The normalized spacial score (nSPS) is 12.6. The van der Waals surface area contributed by atoms with Gasteiger partial charge in [0.05, 0.1) is 10.7 Å². The topological polar surface area (TPSA) is 20.3 Å². The van der Waals surface area contributed by atoms with Crippen LogP contribution in [0, 0.1) is 5.82 Å². The second-order valence-electron chi connectivity index (χ2n) is 6.30. The summed E-state index contributed by atoms with van der Waals surface area (Å²) in [6, 6.07) is 11.4. The minimum absolute atomic E-state index is 0.291. The summed E-state index contributed by atoms with van der Waals surface area (Å²) in [4.78, 5) is 14.6. The molecule has 0 heterocycles. The molecule has 0 N–H and O–H groups in total. The monoisotopic (exact) mass is 393 g/mol. The maximum atomic E-state index is 13.5. The smallest absolute Gasteiger partial charge is 0.249 e. The van der Waals surface area contributed by atoms with Crippen molar-refractivity contribution in [2.75, 3.05) is 11.4 Å². The zero-order chi connectivity index (χ0) is 19.3. The minimum Gasteiger partial charge on any atom is -0.306 e. The number of amides is 1. The van der Waals surface area contributed by atoms with Crippen LogP contribution in [-0.2, 0) is 4.79 Å². The van der Waals surface area contributed by atoms with E-state index in [9.17, 15) is 9.18 Å². The molecular formula is C21H22Cl2FNO. The molecule has 0 aliphatic carbocycles. The predicted octanol–water partition coefficient (Wildman–Crippen LogP) is 6.49. The van der Waals surface area contributed by atoms with E-state index in [1.165, 1.54) is 23.1 Å². The molecule has 0 fully saturated rings. The van der Waals surface area contributed by atoms with Crippen LogP contribution >= 0.6 is 23.2 Å². The van der Waals surface area contributed by atoms with E-state index in [4.69, 9.17) is 23.2 Å². The van der Waals surface area contributed by atoms with Gasteiger partial charge in [-0.3, -0.25) is 4.79 Å². The molecule has 0 saturated heterocycles. The van der Waals surface area contributed by atoms with Gasteiger partial charge in [0.1, 0.15) is 11.2 Å². The van der Waals surface area contributed by atoms with Gasteiger partial charge in [-0.1, -0.05) is 55.8 Å². The highest BCUT2D eigenvalue weighted by Crippen LogP contribution is 2.33. The molecule has 0 radical (unpaired) electrons. The van der Waals surface area contributed by atoms with Gasteiger partial charge in [0.2, 0.25) is 5.91 Å². The third-order valence-electron chi connectivity index (χ3n) is 4.08. The SMILES string of the molecule is CC=CCN(C(=O)C(Cl)c1cccc(F)c1)c1cc(C(C)C)ccc1Cl. The average Bonchev–Trinajstić information content (AvgIpc) is 2.62. The van der Waals surface area contributed by atoms with Gasteiger partial charge in [0.15, 0.2) is 0 Å². The molecule has 2 rings (SSSR count). The van der Waals surface area contributed by atoms with Crippen LogP contribution in [0.4, 0.5) is 10.1 Å². The Morgan fingerprint density at radius 3 is 2.54 bits per heavy atom. The first-order valence-electron chi connectivity index (χ1n) is 8.46. The molecule has 2 nitrogen and oxygen atoms in total. The quantitative estimate of drug-likeness (QED) is 0.405. The van der Waals surface area contributed by atoms with Crippen LogP contribution in [0.5, 0.6) is 0 Å². The first-order chi connectivity index (χ1) is 12.3. The summed E-state index contributed by atoms with van der Waals surface area (Å²) in [5.41, 5.74) is 2.08. The Labute approximate surface area is 164 Å². The number of hydrogen-bond donors (Lipinski definition) is 0. The van der Waals surface area contributed by atoms with Gasteiger partial charge >= 0.3 is 0 Å². The molecule has 0 saturated carbocycles. The molecule has 0 aliphatic heterocycles. The number of anilines is 1. The first-order valence-corrected chi connectivity index (χ1v) is 9.28. The van der Waals surface area contributed by atoms with Crippen molar-refractivity contribution in [3.05, 3.63) is 76.6 Å². The van der Waals surface area contributed by atoms with Crippen LogP contribution in [-0.4, -0.2) is 12.5 Å². The molecule has 1 unspecified atom stereocenters. The van der Waals surface area contributed by atoms with Crippen LogP contribution in [0.25, 0.3) is 0 Å². The lowest BCUT2D eigenvalue weighted by atomic mass is 10.0. The van der Waals surface area contributed by atoms with E-state index in [2.05, 4.69) is 13.8 Å². The van der Waals surface area contributed by atoms with Crippen molar-refractivity contribution < 1.29 is 9.18 Å². The summed E-state index contributed by atoms with van der Waals surface area (Å²) in [5, 5.41) is -0.537. The number of hydrogen-bond acceptors (Lipinski definition) is 1. The number of rotatable bonds is 6. The highest BCUT2D eigenvalue weighted by Gasteiger charge is 2.26. The molecule has 2 aromatic carbocycles. The Morgan fingerprint density at radius 2 is 1.92 bits per heavy atom. The fourth-order valence-electron chi connectivity index (χ4n) is 2.56. The number of carbonyl (C=O) groups excluding carboxylic acids is 1. The summed E-state index contributed by atoms with van der Waals surface area (Å²) in [7, 11) is 0. The van der Waals surface area contributed by atoms with E-state index in [0.717, 1.165) is 5.56 Å². The highest BCUT2D eigenvalue weighted by molar-refractivity contribution is 6.36. The Morgan fingerprint density at radius 1 is 1.19 bits per heavy atom. The summed E-state index contributed by atoms with van der Waals surface area (Å²) >= 11 is 12.8. The lowest BCUT2D eigenvalue weighted by Crippen LogP contribution is -2.34. The summed E-state index contributed by atoms with van der Waals surface area (Å²) in [6.45, 7) is 6.35. The average molecular weight is 394 g/mol. The molecule has 0 spiro atoms. The van der Waals surface area contributed by atoms with Crippen LogP contribution < -0.4 is 4.90 Å². The fraction of sp³-hybridized carbons (Fsp3) is 0.286. The van der Waals surface area contributed by atoms with Crippen LogP contribution in [0.15, 0.2) is 54.6 Å². The summed E-state index contributed by atoms with van der Waals surface area (Å²) < 4.78 is 13.5.